The molecule has 0 bridgehead atoms. The molecule has 20 heavy (non-hydrogen) atoms. The number of carbonyl (C=O) groups excluding carboxylic acids is 2. The van der Waals surface area contributed by atoms with Crippen LogP contribution in [0.3, 0.4) is 0 Å². The van der Waals surface area contributed by atoms with E-state index in [1.807, 2.05) is 0 Å². The summed E-state index contributed by atoms with van der Waals surface area (Å²) in [6.45, 7) is 1.76. The summed E-state index contributed by atoms with van der Waals surface area (Å²) < 4.78 is 0. The van der Waals surface area contributed by atoms with E-state index >= 15 is 0 Å². The van der Waals surface area contributed by atoms with Gasteiger partial charge in [-0.15, -0.1) is 12.4 Å². The second kappa shape index (κ2) is 4.93. The second-order valence-electron chi connectivity index (χ2n) is 4.54. The monoisotopic (exact) mass is 307 g/mol. The zero-order valence-corrected chi connectivity index (χ0v) is 12.1. The number of benzene rings is 2. The molecule has 3 nitrogen and oxygen atoms in total. The van der Waals surface area contributed by atoms with Gasteiger partial charge in [0.15, 0.2) is 11.6 Å². The zero-order chi connectivity index (χ0) is 13.7. The maximum atomic E-state index is 12.5. The Morgan fingerprint density at radius 1 is 1.00 bits per heavy atom. The summed E-state index contributed by atoms with van der Waals surface area (Å²) in [4.78, 5) is 24.9. The topological polar surface area (TPSA) is 60.2 Å². The van der Waals surface area contributed by atoms with Crippen molar-refractivity contribution < 1.29 is 9.59 Å². The van der Waals surface area contributed by atoms with E-state index in [0.29, 0.717) is 22.4 Å². The number of ketones is 2. The first kappa shape index (κ1) is 14.6. The van der Waals surface area contributed by atoms with Gasteiger partial charge in [-0.3, -0.25) is 9.59 Å². The molecule has 0 aliphatic heterocycles. The average molecular weight is 308 g/mol. The molecule has 2 aromatic carbocycles. The predicted octanol–water partition coefficient (Wildman–Crippen LogP) is 3.43. The lowest BCUT2D eigenvalue weighted by atomic mass is 9.82. The minimum atomic E-state index is -0.248. The number of aryl methyl sites for hydroxylation is 1. The van der Waals surface area contributed by atoms with Crippen LogP contribution in [-0.4, -0.2) is 11.6 Å². The Kier molecular flexibility index (Phi) is 3.59. The van der Waals surface area contributed by atoms with Crippen LogP contribution in [0.4, 0.5) is 5.69 Å². The Hall–Kier alpha value is -1.84. The molecule has 3 rings (SSSR count). The van der Waals surface area contributed by atoms with Crippen molar-refractivity contribution in [1.29, 1.82) is 0 Å². The molecule has 0 atom stereocenters. The molecular formula is C15H11Cl2NO2. The van der Waals surface area contributed by atoms with Crippen LogP contribution < -0.4 is 5.73 Å². The molecule has 5 heteroatoms. The fourth-order valence-electron chi connectivity index (χ4n) is 2.40. The smallest absolute Gasteiger partial charge is 0.196 e. The normalized spacial score (nSPS) is 12.5. The molecule has 0 aromatic heterocycles. The standard InChI is InChI=1S/C15H10ClNO2.ClH/c1-7-6-10(16)11-12(13(7)17)15(19)9-5-3-2-4-8(9)14(11)18;/h2-6H,17H2,1H3;1H. The van der Waals surface area contributed by atoms with E-state index in [1.54, 1.807) is 37.3 Å². The van der Waals surface area contributed by atoms with Gasteiger partial charge in [-0.05, 0) is 18.6 Å². The van der Waals surface area contributed by atoms with Crippen molar-refractivity contribution in [2.45, 2.75) is 6.92 Å². The van der Waals surface area contributed by atoms with Crippen molar-refractivity contribution in [1.82, 2.24) is 0 Å². The SMILES string of the molecule is Cc1cc(Cl)c2c(c1N)C(=O)c1ccccc1C2=O.Cl. The molecule has 2 aromatic rings. The molecule has 0 fully saturated rings. The molecule has 1 aliphatic rings. The number of anilines is 1. The maximum absolute atomic E-state index is 12.5. The van der Waals surface area contributed by atoms with Crippen molar-refractivity contribution >= 4 is 41.3 Å². The van der Waals surface area contributed by atoms with Gasteiger partial charge in [0.2, 0.25) is 0 Å². The van der Waals surface area contributed by atoms with Gasteiger partial charge in [-0.1, -0.05) is 35.9 Å². The third kappa shape index (κ3) is 1.82. The number of rotatable bonds is 0. The van der Waals surface area contributed by atoms with E-state index < -0.39 is 0 Å². The highest BCUT2D eigenvalue weighted by atomic mass is 35.5. The summed E-state index contributed by atoms with van der Waals surface area (Å²) in [5.41, 5.74) is 8.18. The molecule has 102 valence electrons. The van der Waals surface area contributed by atoms with Gasteiger partial charge in [-0.25, -0.2) is 0 Å². The van der Waals surface area contributed by atoms with Gasteiger partial charge in [-0.2, -0.15) is 0 Å². The van der Waals surface area contributed by atoms with E-state index in [-0.39, 0.29) is 40.1 Å². The van der Waals surface area contributed by atoms with Crippen LogP contribution in [0.2, 0.25) is 5.02 Å². The second-order valence-corrected chi connectivity index (χ2v) is 4.95. The zero-order valence-electron chi connectivity index (χ0n) is 10.6. The molecule has 0 heterocycles. The first-order valence-electron chi connectivity index (χ1n) is 5.79. The fourth-order valence-corrected chi connectivity index (χ4v) is 2.74. The highest BCUT2D eigenvalue weighted by Gasteiger charge is 2.33. The number of hydrogen-bond donors (Lipinski definition) is 1. The quantitative estimate of drug-likeness (QED) is 0.647. The van der Waals surface area contributed by atoms with E-state index in [4.69, 9.17) is 17.3 Å². The Morgan fingerprint density at radius 3 is 2.05 bits per heavy atom. The van der Waals surface area contributed by atoms with Crippen molar-refractivity contribution in [3.63, 3.8) is 0 Å². The van der Waals surface area contributed by atoms with Crippen LogP contribution in [0, 0.1) is 6.92 Å². The summed E-state index contributed by atoms with van der Waals surface area (Å²) in [6, 6.07) is 8.33. The molecule has 1 aliphatic carbocycles. The Morgan fingerprint density at radius 2 is 1.50 bits per heavy atom. The third-order valence-corrected chi connectivity index (χ3v) is 3.69. The van der Waals surface area contributed by atoms with Crippen molar-refractivity contribution in [2.24, 2.45) is 0 Å². The van der Waals surface area contributed by atoms with Gasteiger partial charge in [0, 0.05) is 16.8 Å². The van der Waals surface area contributed by atoms with E-state index in [1.165, 1.54) is 0 Å². The van der Waals surface area contributed by atoms with Crippen molar-refractivity contribution in [3.8, 4) is 0 Å². The van der Waals surface area contributed by atoms with Crippen LogP contribution in [0.25, 0.3) is 0 Å². The lowest BCUT2D eigenvalue weighted by Gasteiger charge is -2.21. The minimum absolute atomic E-state index is 0. The molecule has 0 amide bonds. The Labute approximate surface area is 127 Å². The number of nitrogens with two attached hydrogens (primary N) is 1. The minimum Gasteiger partial charge on any atom is -0.398 e. The lowest BCUT2D eigenvalue weighted by Crippen LogP contribution is -2.23. The fraction of sp³-hybridized carbons (Fsp3) is 0.0667. The van der Waals surface area contributed by atoms with Gasteiger partial charge < -0.3 is 5.73 Å². The average Bonchev–Trinajstić information content (AvgIpc) is 2.40. The molecule has 0 unspecified atom stereocenters. The molecule has 0 radical (unpaired) electrons. The van der Waals surface area contributed by atoms with Gasteiger partial charge in [0.05, 0.1) is 16.1 Å². The van der Waals surface area contributed by atoms with Crippen LogP contribution in [-0.2, 0) is 0 Å². The summed E-state index contributed by atoms with van der Waals surface area (Å²) in [6.07, 6.45) is 0. The van der Waals surface area contributed by atoms with Crippen molar-refractivity contribution in [3.05, 3.63) is 63.2 Å². The van der Waals surface area contributed by atoms with Crippen molar-refractivity contribution in [2.75, 3.05) is 5.73 Å². The highest BCUT2D eigenvalue weighted by Crippen LogP contribution is 2.36. The number of nitrogen functional groups attached to an aromatic ring is 1. The predicted molar refractivity (Wildman–Crippen MR) is 81.2 cm³/mol. The highest BCUT2D eigenvalue weighted by molar-refractivity contribution is 6.40. The first-order chi connectivity index (χ1) is 9.02. The van der Waals surface area contributed by atoms with Gasteiger partial charge >= 0.3 is 0 Å². The maximum Gasteiger partial charge on any atom is 0.196 e. The summed E-state index contributed by atoms with van der Waals surface area (Å²) >= 11 is 6.12. The molecule has 0 saturated carbocycles. The summed E-state index contributed by atoms with van der Waals surface area (Å²) in [5, 5.41) is 0.273. The van der Waals surface area contributed by atoms with Crippen LogP contribution in [0.1, 0.15) is 37.4 Å². The van der Waals surface area contributed by atoms with Crippen LogP contribution >= 0.6 is 24.0 Å². The lowest BCUT2D eigenvalue weighted by molar-refractivity contribution is 0.0980. The number of halogens is 2. The van der Waals surface area contributed by atoms with E-state index in [2.05, 4.69) is 0 Å². The summed E-state index contributed by atoms with van der Waals surface area (Å²) in [5.74, 6) is -0.491. The van der Waals surface area contributed by atoms with Crippen LogP contribution in [0.5, 0.6) is 0 Å². The molecule has 2 N–H and O–H groups in total. The first-order valence-corrected chi connectivity index (χ1v) is 6.17. The number of fused-ring (bicyclic) bond motifs is 2. The number of carbonyl (C=O) groups is 2. The van der Waals surface area contributed by atoms with E-state index in [9.17, 15) is 9.59 Å². The third-order valence-electron chi connectivity index (χ3n) is 3.40. The molecule has 0 spiro atoms. The number of hydrogen-bond acceptors (Lipinski definition) is 3. The summed E-state index contributed by atoms with van der Waals surface area (Å²) in [7, 11) is 0. The van der Waals surface area contributed by atoms with Gasteiger partial charge in [0.1, 0.15) is 0 Å². The Balaban J connectivity index is 0.00000147. The van der Waals surface area contributed by atoms with Crippen LogP contribution in [0.15, 0.2) is 30.3 Å². The van der Waals surface area contributed by atoms with E-state index in [0.717, 1.165) is 0 Å². The Bertz CT molecular complexity index is 754. The molecular weight excluding hydrogens is 297 g/mol. The largest absolute Gasteiger partial charge is 0.398 e. The molecule has 0 saturated heterocycles. The van der Waals surface area contributed by atoms with Gasteiger partial charge in [0.25, 0.3) is 0 Å².